The van der Waals surface area contributed by atoms with E-state index in [1.807, 2.05) is 12.1 Å². The van der Waals surface area contributed by atoms with Crippen LogP contribution in [-0.4, -0.2) is 66.9 Å². The summed E-state index contributed by atoms with van der Waals surface area (Å²) in [5.41, 5.74) is 2.76. The number of carbonyl (C=O) groups is 1. The maximum Gasteiger partial charge on any atom is 0.253 e. The Morgan fingerprint density at radius 1 is 1.00 bits per heavy atom. The fraction of sp³-hybridized carbons (Fsp3) is 0.650. The molecule has 0 atom stereocenters. The lowest BCUT2D eigenvalue weighted by atomic mass is 9.93. The second kappa shape index (κ2) is 6.49. The fourth-order valence-corrected chi connectivity index (χ4v) is 4.11. The predicted octanol–water partition coefficient (Wildman–Crippen LogP) is 2.45. The van der Waals surface area contributed by atoms with Gasteiger partial charge in [0.1, 0.15) is 0 Å². The lowest BCUT2D eigenvalue weighted by molar-refractivity contribution is 0.0678. The first-order valence-electron chi connectivity index (χ1n) is 9.43. The minimum Gasteiger partial charge on any atom is -0.339 e. The summed E-state index contributed by atoms with van der Waals surface area (Å²) in [5, 5.41) is 0. The van der Waals surface area contributed by atoms with E-state index in [1.54, 1.807) is 0 Å². The van der Waals surface area contributed by atoms with Crippen molar-refractivity contribution in [3.8, 4) is 0 Å². The maximum absolute atomic E-state index is 12.8. The zero-order chi connectivity index (χ0) is 16.6. The Bertz CT molecular complexity index is 593. The molecule has 0 unspecified atom stereocenters. The molecule has 1 spiro atoms. The average molecular weight is 327 g/mol. The predicted molar refractivity (Wildman–Crippen MR) is 96.0 cm³/mol. The number of likely N-dealkylation sites (tertiary alicyclic amines) is 1. The molecule has 2 heterocycles. The molecule has 1 saturated carbocycles. The third-order valence-corrected chi connectivity index (χ3v) is 6.24. The first-order chi connectivity index (χ1) is 11.6. The molecule has 1 aromatic rings. The SMILES string of the molecule is CN1CCN(Cc2cccc(C(=O)N3CCC4(CC3)CC4)c2)CC1. The van der Waals surface area contributed by atoms with Crippen molar-refractivity contribution < 1.29 is 4.79 Å². The summed E-state index contributed by atoms with van der Waals surface area (Å²) in [7, 11) is 2.18. The molecule has 0 N–H and O–H groups in total. The lowest BCUT2D eigenvalue weighted by Gasteiger charge is -2.33. The number of amides is 1. The largest absolute Gasteiger partial charge is 0.339 e. The summed E-state index contributed by atoms with van der Waals surface area (Å²) < 4.78 is 0. The van der Waals surface area contributed by atoms with Gasteiger partial charge in [-0.3, -0.25) is 9.69 Å². The Balaban J connectivity index is 1.37. The van der Waals surface area contributed by atoms with Crippen LogP contribution in [0, 0.1) is 5.41 Å². The Hall–Kier alpha value is -1.39. The Labute approximate surface area is 145 Å². The molecule has 0 aromatic heterocycles. The summed E-state index contributed by atoms with van der Waals surface area (Å²) in [6.07, 6.45) is 5.19. The molecule has 1 amide bonds. The third-order valence-electron chi connectivity index (χ3n) is 6.24. The van der Waals surface area contributed by atoms with Crippen LogP contribution in [0.5, 0.6) is 0 Å². The van der Waals surface area contributed by atoms with Crippen molar-refractivity contribution in [2.45, 2.75) is 32.2 Å². The molecule has 3 aliphatic rings. The normalized spacial score (nSPS) is 24.3. The van der Waals surface area contributed by atoms with Crippen LogP contribution in [0.3, 0.4) is 0 Å². The van der Waals surface area contributed by atoms with E-state index in [0.29, 0.717) is 5.41 Å². The molecule has 2 aliphatic heterocycles. The van der Waals surface area contributed by atoms with Crippen LogP contribution in [0.15, 0.2) is 24.3 Å². The van der Waals surface area contributed by atoms with E-state index in [9.17, 15) is 4.79 Å². The number of piperidine rings is 1. The molecule has 1 aliphatic carbocycles. The van der Waals surface area contributed by atoms with Crippen LogP contribution in [0.25, 0.3) is 0 Å². The van der Waals surface area contributed by atoms with E-state index in [4.69, 9.17) is 0 Å². The minimum absolute atomic E-state index is 0.228. The molecule has 4 nitrogen and oxygen atoms in total. The number of hydrogen-bond acceptors (Lipinski definition) is 3. The van der Waals surface area contributed by atoms with Gasteiger partial charge in [-0.15, -0.1) is 0 Å². The highest BCUT2D eigenvalue weighted by Gasteiger charge is 2.45. The first kappa shape index (κ1) is 16.1. The number of carbonyl (C=O) groups excluding carboxylic acids is 1. The fourth-order valence-electron chi connectivity index (χ4n) is 4.11. The third kappa shape index (κ3) is 3.50. The molecule has 4 rings (SSSR count). The molecule has 4 heteroatoms. The number of nitrogens with zero attached hydrogens (tertiary/aromatic N) is 3. The molecular formula is C20H29N3O. The molecular weight excluding hydrogens is 298 g/mol. The number of likely N-dealkylation sites (N-methyl/N-ethyl adjacent to an activating group) is 1. The second-order valence-corrected chi connectivity index (χ2v) is 8.07. The minimum atomic E-state index is 0.228. The van der Waals surface area contributed by atoms with Gasteiger partial charge in [-0.05, 0) is 55.8 Å². The van der Waals surface area contributed by atoms with Gasteiger partial charge in [-0.2, -0.15) is 0 Å². The molecule has 3 fully saturated rings. The van der Waals surface area contributed by atoms with E-state index in [1.165, 1.54) is 31.2 Å². The first-order valence-corrected chi connectivity index (χ1v) is 9.43. The van der Waals surface area contributed by atoms with Gasteiger partial charge in [-0.25, -0.2) is 0 Å². The Kier molecular flexibility index (Phi) is 4.35. The quantitative estimate of drug-likeness (QED) is 0.853. The standard InChI is InChI=1S/C20H29N3O/c1-21-11-13-22(14-12-21)16-17-3-2-4-18(15-17)19(24)23-9-7-20(5-6-20)8-10-23/h2-4,15H,5-14,16H2,1H3. The number of hydrogen-bond donors (Lipinski definition) is 0. The summed E-state index contributed by atoms with van der Waals surface area (Å²) in [5.74, 6) is 0.228. The monoisotopic (exact) mass is 327 g/mol. The molecule has 2 saturated heterocycles. The van der Waals surface area contributed by atoms with E-state index in [2.05, 4.69) is 33.9 Å². The van der Waals surface area contributed by atoms with E-state index in [-0.39, 0.29) is 5.91 Å². The topological polar surface area (TPSA) is 26.8 Å². The van der Waals surface area contributed by atoms with E-state index in [0.717, 1.165) is 51.4 Å². The van der Waals surface area contributed by atoms with Crippen molar-refractivity contribution >= 4 is 5.91 Å². The van der Waals surface area contributed by atoms with Gasteiger partial charge in [-0.1, -0.05) is 12.1 Å². The van der Waals surface area contributed by atoms with Crippen molar-refractivity contribution in [3.05, 3.63) is 35.4 Å². The van der Waals surface area contributed by atoms with Gasteiger partial charge < -0.3 is 9.80 Å². The van der Waals surface area contributed by atoms with Crippen molar-refractivity contribution in [1.82, 2.24) is 14.7 Å². The van der Waals surface area contributed by atoms with Crippen LogP contribution in [0.1, 0.15) is 41.6 Å². The number of benzene rings is 1. The Morgan fingerprint density at radius 3 is 2.38 bits per heavy atom. The van der Waals surface area contributed by atoms with Gasteiger partial charge in [0.25, 0.3) is 5.91 Å². The second-order valence-electron chi connectivity index (χ2n) is 8.07. The van der Waals surface area contributed by atoms with Crippen molar-refractivity contribution in [2.24, 2.45) is 5.41 Å². The van der Waals surface area contributed by atoms with Crippen molar-refractivity contribution in [1.29, 1.82) is 0 Å². The summed E-state index contributed by atoms with van der Waals surface area (Å²) in [4.78, 5) is 19.8. The number of rotatable bonds is 3. The van der Waals surface area contributed by atoms with Gasteiger partial charge in [0.2, 0.25) is 0 Å². The highest BCUT2D eigenvalue weighted by molar-refractivity contribution is 5.94. The van der Waals surface area contributed by atoms with Crippen LogP contribution in [-0.2, 0) is 6.54 Å². The maximum atomic E-state index is 12.8. The van der Waals surface area contributed by atoms with Gasteiger partial charge in [0.15, 0.2) is 0 Å². The van der Waals surface area contributed by atoms with Gasteiger partial charge in [0.05, 0.1) is 0 Å². The Morgan fingerprint density at radius 2 is 1.71 bits per heavy atom. The number of piperazine rings is 1. The van der Waals surface area contributed by atoms with Crippen LogP contribution in [0.4, 0.5) is 0 Å². The van der Waals surface area contributed by atoms with Crippen LogP contribution < -0.4 is 0 Å². The van der Waals surface area contributed by atoms with Crippen LogP contribution in [0.2, 0.25) is 0 Å². The van der Waals surface area contributed by atoms with Crippen molar-refractivity contribution in [2.75, 3.05) is 46.3 Å². The zero-order valence-electron chi connectivity index (χ0n) is 14.8. The molecule has 130 valence electrons. The zero-order valence-corrected chi connectivity index (χ0v) is 14.8. The molecule has 0 bridgehead atoms. The molecule has 0 radical (unpaired) electrons. The lowest BCUT2D eigenvalue weighted by Crippen LogP contribution is -2.43. The highest BCUT2D eigenvalue weighted by atomic mass is 16.2. The van der Waals surface area contributed by atoms with Crippen LogP contribution >= 0.6 is 0 Å². The van der Waals surface area contributed by atoms with Gasteiger partial charge >= 0.3 is 0 Å². The van der Waals surface area contributed by atoms with Crippen molar-refractivity contribution in [3.63, 3.8) is 0 Å². The van der Waals surface area contributed by atoms with E-state index >= 15 is 0 Å². The highest BCUT2D eigenvalue weighted by Crippen LogP contribution is 2.53. The molecule has 1 aromatic carbocycles. The summed E-state index contributed by atoms with van der Waals surface area (Å²) in [6, 6.07) is 8.30. The van der Waals surface area contributed by atoms with E-state index < -0.39 is 0 Å². The smallest absolute Gasteiger partial charge is 0.253 e. The summed E-state index contributed by atoms with van der Waals surface area (Å²) >= 11 is 0. The molecule has 24 heavy (non-hydrogen) atoms. The van der Waals surface area contributed by atoms with Gasteiger partial charge in [0, 0.05) is 51.4 Å². The summed E-state index contributed by atoms with van der Waals surface area (Å²) in [6.45, 7) is 7.34. The average Bonchev–Trinajstić information content (AvgIpc) is 3.36.